The van der Waals surface area contributed by atoms with Gasteiger partial charge in [-0.25, -0.2) is 8.42 Å². The molecule has 3 atom stereocenters. The predicted molar refractivity (Wildman–Crippen MR) is 163 cm³/mol. The summed E-state index contributed by atoms with van der Waals surface area (Å²) < 4.78 is 39.9. The van der Waals surface area contributed by atoms with Crippen molar-refractivity contribution >= 4 is 27.5 Å². The number of morpholine rings is 1. The first-order valence-corrected chi connectivity index (χ1v) is 16.2. The number of ether oxygens (including phenoxy) is 2. The highest BCUT2D eigenvalue weighted by molar-refractivity contribution is 7.89. The van der Waals surface area contributed by atoms with Crippen LogP contribution in [-0.4, -0.2) is 111 Å². The summed E-state index contributed by atoms with van der Waals surface area (Å²) >= 11 is 0. The molecule has 0 spiro atoms. The number of nitrogens with one attached hydrogen (secondary N) is 1. The third kappa shape index (κ3) is 8.54. The van der Waals surface area contributed by atoms with Gasteiger partial charge in [-0.1, -0.05) is 24.6 Å². The molecule has 236 valence electrons. The van der Waals surface area contributed by atoms with E-state index in [-0.39, 0.29) is 48.7 Å². The lowest BCUT2D eigenvalue weighted by atomic mass is 10.0. The van der Waals surface area contributed by atoms with Crippen LogP contribution in [0.2, 0.25) is 0 Å². The summed E-state index contributed by atoms with van der Waals surface area (Å²) in [7, 11) is -2.27. The van der Waals surface area contributed by atoms with Crippen LogP contribution in [0.15, 0.2) is 47.4 Å². The molecule has 1 saturated heterocycles. The highest BCUT2D eigenvalue weighted by Crippen LogP contribution is 2.30. The molecule has 0 aromatic heterocycles. The summed E-state index contributed by atoms with van der Waals surface area (Å²) in [5.41, 5.74) is 2.09. The first-order chi connectivity index (χ1) is 20.5. The van der Waals surface area contributed by atoms with Gasteiger partial charge in [0.25, 0.3) is 0 Å². The van der Waals surface area contributed by atoms with Crippen molar-refractivity contribution in [1.82, 2.24) is 14.1 Å². The van der Waals surface area contributed by atoms with Gasteiger partial charge >= 0.3 is 0 Å². The van der Waals surface area contributed by atoms with Gasteiger partial charge in [0.2, 0.25) is 21.8 Å². The minimum atomic E-state index is -3.79. The number of likely N-dealkylation sites (N-methyl/N-ethyl adjacent to an activating group) is 1. The summed E-state index contributed by atoms with van der Waals surface area (Å²) in [5, 5.41) is 12.8. The maximum atomic E-state index is 13.5. The monoisotopic (exact) mass is 616 g/mol. The van der Waals surface area contributed by atoms with Crippen molar-refractivity contribution in [3.8, 4) is 5.75 Å². The summed E-state index contributed by atoms with van der Waals surface area (Å²) in [6.07, 6.45) is -0.263. The quantitative estimate of drug-likeness (QED) is 0.416. The number of aliphatic hydroxyl groups is 1. The molecule has 1 fully saturated rings. The smallest absolute Gasteiger partial charge is 0.242 e. The van der Waals surface area contributed by atoms with E-state index in [1.807, 2.05) is 13.8 Å². The summed E-state index contributed by atoms with van der Waals surface area (Å²) in [6, 6.07) is 11.4. The molecule has 0 aliphatic carbocycles. The fourth-order valence-electron chi connectivity index (χ4n) is 5.27. The minimum Gasteiger partial charge on any atom is -0.488 e. The highest BCUT2D eigenvalue weighted by atomic mass is 32.2. The lowest BCUT2D eigenvalue weighted by Crippen LogP contribution is -2.48. The third-order valence-electron chi connectivity index (χ3n) is 8.13. The zero-order chi connectivity index (χ0) is 31.1. The van der Waals surface area contributed by atoms with E-state index in [1.165, 1.54) is 11.4 Å². The second-order valence-corrected chi connectivity index (χ2v) is 13.6. The zero-order valence-electron chi connectivity index (χ0n) is 25.5. The van der Waals surface area contributed by atoms with Crippen LogP contribution in [0.4, 0.5) is 5.69 Å². The first kappa shape index (κ1) is 32.9. The van der Waals surface area contributed by atoms with Gasteiger partial charge in [0.15, 0.2) is 0 Å². The van der Waals surface area contributed by atoms with Gasteiger partial charge in [0, 0.05) is 56.8 Å². The summed E-state index contributed by atoms with van der Waals surface area (Å²) in [6.45, 7) is 9.27. The number of carbonyl (C=O) groups excluding carboxylic acids is 2. The second-order valence-electron chi connectivity index (χ2n) is 11.6. The fraction of sp³-hybridized carbons (Fsp3) is 0.548. The zero-order valence-corrected chi connectivity index (χ0v) is 26.3. The van der Waals surface area contributed by atoms with Crippen LogP contribution in [0, 0.1) is 12.8 Å². The molecule has 0 unspecified atom stereocenters. The molecule has 43 heavy (non-hydrogen) atoms. The van der Waals surface area contributed by atoms with Gasteiger partial charge in [0.05, 0.1) is 43.7 Å². The number of carbonyl (C=O) groups is 2. The molecule has 2 aliphatic heterocycles. The molecule has 2 heterocycles. The third-order valence-corrected chi connectivity index (χ3v) is 9.96. The van der Waals surface area contributed by atoms with Crippen LogP contribution in [-0.2, 0) is 30.8 Å². The molecule has 0 radical (unpaired) electrons. The molecule has 2 amide bonds. The van der Waals surface area contributed by atoms with Crippen LogP contribution >= 0.6 is 0 Å². The van der Waals surface area contributed by atoms with Gasteiger partial charge in [-0.2, -0.15) is 4.31 Å². The van der Waals surface area contributed by atoms with E-state index in [0.29, 0.717) is 43.2 Å². The Labute approximate surface area is 254 Å². The molecule has 4 rings (SSSR count). The number of amides is 2. The number of nitrogens with zero attached hydrogens (tertiary/aromatic N) is 3. The largest absolute Gasteiger partial charge is 0.488 e. The van der Waals surface area contributed by atoms with Crippen LogP contribution in [0.5, 0.6) is 5.75 Å². The Morgan fingerprint density at radius 1 is 1.16 bits per heavy atom. The van der Waals surface area contributed by atoms with E-state index in [2.05, 4.69) is 10.2 Å². The van der Waals surface area contributed by atoms with Gasteiger partial charge in [0.1, 0.15) is 11.9 Å². The highest BCUT2D eigenvalue weighted by Gasteiger charge is 2.33. The first-order valence-electron chi connectivity index (χ1n) is 14.8. The van der Waals surface area contributed by atoms with Gasteiger partial charge in [-0.05, 0) is 44.2 Å². The molecule has 2 aliphatic rings. The Balaban J connectivity index is 1.56. The van der Waals surface area contributed by atoms with E-state index >= 15 is 0 Å². The van der Waals surface area contributed by atoms with Crippen LogP contribution in [0.25, 0.3) is 0 Å². The molecule has 0 bridgehead atoms. The van der Waals surface area contributed by atoms with Crippen LogP contribution in [0.3, 0.4) is 0 Å². The van der Waals surface area contributed by atoms with Crippen molar-refractivity contribution in [1.29, 1.82) is 0 Å². The Kier molecular flexibility index (Phi) is 11.2. The number of benzene rings is 2. The minimum absolute atomic E-state index is 0.00804. The van der Waals surface area contributed by atoms with Crippen LogP contribution in [0.1, 0.15) is 31.4 Å². The average molecular weight is 617 g/mol. The lowest BCUT2D eigenvalue weighted by Gasteiger charge is -2.33. The van der Waals surface area contributed by atoms with E-state index in [0.717, 1.165) is 18.7 Å². The molecule has 11 nitrogen and oxygen atoms in total. The fourth-order valence-corrected chi connectivity index (χ4v) is 6.46. The maximum absolute atomic E-state index is 13.5. The predicted octanol–water partition coefficient (Wildman–Crippen LogP) is 2.13. The number of fused-ring (bicyclic) bond motifs is 1. The topological polar surface area (TPSA) is 129 Å². The number of rotatable bonds is 10. The maximum Gasteiger partial charge on any atom is 0.242 e. The second kappa shape index (κ2) is 14.6. The Bertz CT molecular complexity index is 1360. The molecule has 2 aromatic rings. The Morgan fingerprint density at radius 3 is 2.53 bits per heavy atom. The number of sulfonamides is 1. The number of anilines is 1. The normalized spacial score (nSPS) is 20.9. The number of aliphatic hydroxyl groups excluding tert-OH is 1. The SMILES string of the molecule is Cc1ccc(S(=O)(=O)N(C)C[C@@H]2Oc3ccc(NC(=O)CCN4CCOCC4)cc3CC(=O)N([C@H](C)CO)C[C@@H]2C)cc1. The Morgan fingerprint density at radius 2 is 1.86 bits per heavy atom. The lowest BCUT2D eigenvalue weighted by molar-refractivity contribution is -0.134. The molecule has 12 heteroatoms. The number of aryl methyl sites for hydroxylation is 1. The molecule has 2 aromatic carbocycles. The summed E-state index contributed by atoms with van der Waals surface area (Å²) in [5.74, 6) is -0.127. The van der Waals surface area contributed by atoms with Gasteiger partial charge < -0.3 is 24.8 Å². The molecular formula is C31H44N4O7S. The van der Waals surface area contributed by atoms with Crippen molar-refractivity contribution in [2.24, 2.45) is 5.92 Å². The average Bonchev–Trinajstić information content (AvgIpc) is 3.03. The number of hydrogen-bond donors (Lipinski definition) is 2. The van der Waals surface area contributed by atoms with Gasteiger partial charge in [-0.3, -0.25) is 14.5 Å². The van der Waals surface area contributed by atoms with Gasteiger partial charge in [-0.15, -0.1) is 0 Å². The molecular weight excluding hydrogens is 572 g/mol. The van der Waals surface area contributed by atoms with Crippen LogP contribution < -0.4 is 10.1 Å². The number of hydrogen-bond acceptors (Lipinski definition) is 8. The molecule has 0 saturated carbocycles. The standard InChI is InChI=1S/C31H44N4O7S/c1-22-5-8-27(9-6-22)43(39,40)33(4)20-29-23(2)19-35(24(3)21-36)31(38)18-25-17-26(7-10-28(25)42-29)32-30(37)11-12-34-13-15-41-16-14-34/h5-10,17,23-24,29,36H,11-16,18-21H2,1-4H3,(H,32,37)/t23-,24+,29-/m0/s1. The van der Waals surface area contributed by atoms with E-state index < -0.39 is 22.2 Å². The van der Waals surface area contributed by atoms with Crippen molar-refractivity contribution in [2.75, 3.05) is 64.9 Å². The Hall–Kier alpha value is -3.03. The van der Waals surface area contributed by atoms with E-state index in [4.69, 9.17) is 9.47 Å². The van der Waals surface area contributed by atoms with Crippen molar-refractivity contribution in [3.63, 3.8) is 0 Å². The molecule has 2 N–H and O–H groups in total. The van der Waals surface area contributed by atoms with Crippen molar-refractivity contribution < 1.29 is 32.6 Å². The van der Waals surface area contributed by atoms with Crippen molar-refractivity contribution in [3.05, 3.63) is 53.6 Å². The van der Waals surface area contributed by atoms with Crippen molar-refractivity contribution in [2.45, 2.75) is 50.7 Å². The van der Waals surface area contributed by atoms with E-state index in [9.17, 15) is 23.1 Å². The van der Waals surface area contributed by atoms with E-state index in [1.54, 1.807) is 54.3 Å². The summed E-state index contributed by atoms with van der Waals surface area (Å²) in [4.78, 5) is 30.2.